The summed E-state index contributed by atoms with van der Waals surface area (Å²) in [5.74, 6) is -2.83. The maximum absolute atomic E-state index is 14.7. The molecule has 1 unspecified atom stereocenters. The Bertz CT molecular complexity index is 2190. The van der Waals surface area contributed by atoms with Gasteiger partial charge >= 0.3 is 11.7 Å². The molecule has 1 aliphatic heterocycles. The van der Waals surface area contributed by atoms with Gasteiger partial charge in [0, 0.05) is 22.8 Å². The number of esters is 1. The average molecular weight is 712 g/mol. The van der Waals surface area contributed by atoms with Crippen molar-refractivity contribution in [1.82, 2.24) is 15.2 Å². The molecule has 0 spiro atoms. The summed E-state index contributed by atoms with van der Waals surface area (Å²) in [6, 6.07) is 20.4. The number of carbonyl (C=O) groups is 4. The normalized spacial score (nSPS) is 14.0. The van der Waals surface area contributed by atoms with Crippen LogP contribution in [-0.4, -0.2) is 83.9 Å². The molecule has 266 valence electrons. The molecule has 16 heteroatoms. The molecule has 2 heterocycles. The van der Waals surface area contributed by atoms with Crippen molar-refractivity contribution >= 4 is 51.8 Å². The first kappa shape index (κ1) is 35.4. The van der Waals surface area contributed by atoms with Crippen LogP contribution in [0.3, 0.4) is 0 Å². The molecule has 4 aromatic carbocycles. The number of nitro benzene ring substituents is 1. The third-order valence-electron chi connectivity index (χ3n) is 8.33. The third-order valence-corrected chi connectivity index (χ3v) is 8.33. The first-order valence-corrected chi connectivity index (χ1v) is 15.9. The number of aryl methyl sites for hydroxylation is 1. The van der Waals surface area contributed by atoms with Crippen molar-refractivity contribution in [3.63, 3.8) is 0 Å². The highest BCUT2D eigenvalue weighted by Gasteiger charge is 2.38. The first-order valence-electron chi connectivity index (χ1n) is 15.9. The lowest BCUT2D eigenvalue weighted by atomic mass is 9.97. The van der Waals surface area contributed by atoms with E-state index in [0.29, 0.717) is 11.1 Å². The Kier molecular flexibility index (Phi) is 10.4. The highest BCUT2D eigenvalue weighted by Crippen LogP contribution is 2.40. The molecule has 1 atom stereocenters. The van der Waals surface area contributed by atoms with E-state index in [-0.39, 0.29) is 71.2 Å². The summed E-state index contributed by atoms with van der Waals surface area (Å²) in [5.41, 5.74) is 2.12. The molecule has 0 N–H and O–H groups in total. The van der Waals surface area contributed by atoms with Crippen molar-refractivity contribution in [1.29, 1.82) is 0 Å². The number of non-ortho nitro benzene ring substituents is 1. The van der Waals surface area contributed by atoms with Crippen LogP contribution < -0.4 is 4.90 Å². The molecular formula is C36H30FN5O10. The summed E-state index contributed by atoms with van der Waals surface area (Å²) < 4.78 is 35.6. The Morgan fingerprint density at radius 1 is 0.923 bits per heavy atom. The van der Waals surface area contributed by atoms with E-state index in [1.165, 1.54) is 48.4 Å². The molecule has 0 saturated heterocycles. The number of rotatable bonds is 13. The van der Waals surface area contributed by atoms with Gasteiger partial charge in [0.15, 0.2) is 5.52 Å². The summed E-state index contributed by atoms with van der Waals surface area (Å²) in [6.07, 6.45) is -1.96. The SMILES string of the molecule is COC(=O)c1ccc(N(C(=O)COCCOCCN2C(=O)c3ccccc3C(F)C2=O)c2ccc([N+](=O)[O-])c3nonc23)c(-c2ccc(C)cc2)c1. The number of nitro groups is 1. The number of halogens is 1. The molecule has 1 aliphatic rings. The molecular weight excluding hydrogens is 681 g/mol. The number of alkyl halides is 1. The molecule has 5 aromatic rings. The van der Waals surface area contributed by atoms with Crippen LogP contribution in [0.25, 0.3) is 22.2 Å². The van der Waals surface area contributed by atoms with Crippen LogP contribution in [0.2, 0.25) is 0 Å². The maximum Gasteiger partial charge on any atom is 0.337 e. The Balaban J connectivity index is 1.21. The Morgan fingerprint density at radius 2 is 1.63 bits per heavy atom. The topological polar surface area (TPSA) is 185 Å². The van der Waals surface area contributed by atoms with Crippen LogP contribution >= 0.6 is 0 Å². The molecule has 0 aliphatic carbocycles. The fourth-order valence-corrected chi connectivity index (χ4v) is 5.75. The molecule has 15 nitrogen and oxygen atoms in total. The Hall–Kier alpha value is -6.39. The second-order valence-corrected chi connectivity index (χ2v) is 11.6. The molecule has 3 amide bonds. The standard InChI is InChI=1S/C36H30FN5O10/c1-21-7-9-22(10-8-21)26-19-23(36(46)49-2)11-12-27(26)41(28-13-14-29(42(47)48)33-32(28)38-52-39-33)30(43)20-51-18-17-50-16-15-40-34(44)25-6-4-3-5-24(25)31(37)35(40)45/h3-14,19,31H,15-18,20H2,1-2H3. The zero-order valence-corrected chi connectivity index (χ0v) is 27.8. The lowest BCUT2D eigenvalue weighted by molar-refractivity contribution is -0.383. The second kappa shape index (κ2) is 15.2. The Morgan fingerprint density at radius 3 is 2.38 bits per heavy atom. The molecule has 52 heavy (non-hydrogen) atoms. The van der Waals surface area contributed by atoms with Crippen LogP contribution in [0.1, 0.15) is 38.0 Å². The molecule has 6 rings (SSSR count). The minimum atomic E-state index is -1.96. The van der Waals surface area contributed by atoms with E-state index < -0.39 is 41.4 Å². The zero-order chi connectivity index (χ0) is 36.9. The molecule has 0 saturated carbocycles. The summed E-state index contributed by atoms with van der Waals surface area (Å²) >= 11 is 0. The average Bonchev–Trinajstić information content (AvgIpc) is 3.65. The van der Waals surface area contributed by atoms with E-state index >= 15 is 0 Å². The fraction of sp³-hybridized carbons (Fsp3) is 0.222. The van der Waals surface area contributed by atoms with Crippen LogP contribution in [0, 0.1) is 17.0 Å². The lowest BCUT2D eigenvalue weighted by Crippen LogP contribution is -2.45. The predicted molar refractivity (Wildman–Crippen MR) is 182 cm³/mol. The Labute approximate surface area is 294 Å². The van der Waals surface area contributed by atoms with Gasteiger partial charge in [-0.05, 0) is 53.1 Å². The van der Waals surface area contributed by atoms with E-state index in [1.807, 2.05) is 31.2 Å². The minimum Gasteiger partial charge on any atom is -0.465 e. The number of carbonyl (C=O) groups excluding carboxylic acids is 4. The summed E-state index contributed by atoms with van der Waals surface area (Å²) in [5, 5.41) is 19.3. The van der Waals surface area contributed by atoms with E-state index in [9.17, 15) is 33.7 Å². The van der Waals surface area contributed by atoms with Crippen molar-refractivity contribution in [2.75, 3.05) is 45.0 Å². The number of imide groups is 1. The molecule has 0 bridgehead atoms. The number of fused-ring (bicyclic) bond motifs is 2. The van der Waals surface area contributed by atoms with Gasteiger partial charge in [0.2, 0.25) is 11.7 Å². The number of methoxy groups -OCH3 is 1. The minimum absolute atomic E-state index is 0.0291. The van der Waals surface area contributed by atoms with Crippen LogP contribution in [0.5, 0.6) is 0 Å². The zero-order valence-electron chi connectivity index (χ0n) is 27.8. The van der Waals surface area contributed by atoms with Crippen molar-refractivity contribution in [2.24, 2.45) is 0 Å². The fourth-order valence-electron chi connectivity index (χ4n) is 5.75. The van der Waals surface area contributed by atoms with Crippen molar-refractivity contribution < 1.29 is 47.3 Å². The largest absolute Gasteiger partial charge is 0.465 e. The number of ether oxygens (including phenoxy) is 3. The molecule has 0 radical (unpaired) electrons. The van der Waals surface area contributed by atoms with E-state index in [0.717, 1.165) is 10.5 Å². The summed E-state index contributed by atoms with van der Waals surface area (Å²) in [4.78, 5) is 65.0. The van der Waals surface area contributed by atoms with Gasteiger partial charge in [0.25, 0.3) is 17.7 Å². The van der Waals surface area contributed by atoms with Crippen LogP contribution in [-0.2, 0) is 23.8 Å². The van der Waals surface area contributed by atoms with Gasteiger partial charge in [-0.25, -0.2) is 13.8 Å². The predicted octanol–water partition coefficient (Wildman–Crippen LogP) is 5.28. The summed E-state index contributed by atoms with van der Waals surface area (Å²) in [6.45, 7) is 0.956. The quantitative estimate of drug-likeness (QED) is 0.0507. The van der Waals surface area contributed by atoms with Crippen LogP contribution in [0.4, 0.5) is 21.5 Å². The van der Waals surface area contributed by atoms with E-state index in [2.05, 4.69) is 10.3 Å². The summed E-state index contributed by atoms with van der Waals surface area (Å²) in [7, 11) is 1.25. The van der Waals surface area contributed by atoms with Crippen LogP contribution in [0.15, 0.2) is 83.5 Å². The maximum atomic E-state index is 14.7. The molecule has 0 fully saturated rings. The van der Waals surface area contributed by atoms with Gasteiger partial charge in [-0.1, -0.05) is 48.0 Å². The van der Waals surface area contributed by atoms with E-state index in [1.54, 1.807) is 18.2 Å². The number of aromatic nitrogens is 2. The smallest absolute Gasteiger partial charge is 0.337 e. The monoisotopic (exact) mass is 711 g/mol. The number of benzene rings is 4. The van der Waals surface area contributed by atoms with Gasteiger partial charge < -0.3 is 14.2 Å². The first-order chi connectivity index (χ1) is 25.1. The van der Waals surface area contributed by atoms with Crippen molar-refractivity contribution in [2.45, 2.75) is 13.1 Å². The number of nitrogens with zero attached hydrogens (tertiary/aromatic N) is 5. The van der Waals surface area contributed by atoms with Crippen molar-refractivity contribution in [3.05, 3.63) is 111 Å². The number of hydrogen-bond acceptors (Lipinski definition) is 12. The van der Waals surface area contributed by atoms with Gasteiger partial charge in [0.05, 0.1) is 55.3 Å². The van der Waals surface area contributed by atoms with Gasteiger partial charge in [0.1, 0.15) is 6.61 Å². The van der Waals surface area contributed by atoms with Gasteiger partial charge in [-0.15, -0.1) is 0 Å². The van der Waals surface area contributed by atoms with Gasteiger partial charge in [-0.3, -0.25) is 34.3 Å². The highest BCUT2D eigenvalue weighted by atomic mass is 19.1. The highest BCUT2D eigenvalue weighted by molar-refractivity contribution is 6.12. The van der Waals surface area contributed by atoms with Gasteiger partial charge in [-0.2, -0.15) is 0 Å². The number of anilines is 2. The lowest BCUT2D eigenvalue weighted by Gasteiger charge is -2.28. The third kappa shape index (κ3) is 6.97. The number of hydrogen-bond donors (Lipinski definition) is 0. The number of amides is 3. The molecule has 1 aromatic heterocycles. The van der Waals surface area contributed by atoms with E-state index in [4.69, 9.17) is 18.8 Å². The second-order valence-electron chi connectivity index (χ2n) is 11.6. The van der Waals surface area contributed by atoms with Crippen molar-refractivity contribution in [3.8, 4) is 11.1 Å².